The summed E-state index contributed by atoms with van der Waals surface area (Å²) in [4.78, 5) is 14.9. The molecule has 7 heteroatoms. The van der Waals surface area contributed by atoms with Crippen LogP contribution in [0.1, 0.15) is 5.76 Å². The number of hydrogen-bond acceptors (Lipinski definition) is 5. The summed E-state index contributed by atoms with van der Waals surface area (Å²) in [5.41, 5.74) is 1.42. The van der Waals surface area contributed by atoms with E-state index in [0.29, 0.717) is 28.5 Å². The van der Waals surface area contributed by atoms with E-state index in [1.165, 1.54) is 6.07 Å². The van der Waals surface area contributed by atoms with Gasteiger partial charge in [-0.05, 0) is 46.3 Å². The average molecular weight is 362 g/mol. The number of benzene rings is 1. The number of nitrogens with one attached hydrogen (secondary N) is 1. The van der Waals surface area contributed by atoms with Crippen molar-refractivity contribution in [3.63, 3.8) is 0 Å². The molecule has 22 heavy (non-hydrogen) atoms. The van der Waals surface area contributed by atoms with E-state index in [2.05, 4.69) is 26.2 Å². The number of hydrogen-bond donors (Lipinski definition) is 1. The van der Waals surface area contributed by atoms with Gasteiger partial charge >= 0.3 is 0 Å². The summed E-state index contributed by atoms with van der Waals surface area (Å²) >= 11 is 3.26. The Morgan fingerprint density at radius 2 is 2.14 bits per heavy atom. The molecule has 2 heterocycles. The third-order valence-corrected chi connectivity index (χ3v) is 3.69. The summed E-state index contributed by atoms with van der Waals surface area (Å²) in [5, 5.41) is 14.8. The first-order valence-corrected chi connectivity index (χ1v) is 7.44. The van der Waals surface area contributed by atoms with Gasteiger partial charge in [0.2, 0.25) is 0 Å². The van der Waals surface area contributed by atoms with E-state index < -0.39 is 4.92 Å². The zero-order valence-corrected chi connectivity index (χ0v) is 13.0. The molecule has 0 saturated heterocycles. The number of rotatable bonds is 5. The SMILES string of the molecule is O=[N+]([O-])c1ccc(NCCc2ccc(Br)o2)c2ncccc12. The van der Waals surface area contributed by atoms with Gasteiger partial charge in [0, 0.05) is 25.2 Å². The predicted molar refractivity (Wildman–Crippen MR) is 87.0 cm³/mol. The fourth-order valence-electron chi connectivity index (χ4n) is 2.27. The third kappa shape index (κ3) is 2.94. The van der Waals surface area contributed by atoms with Crippen LogP contribution >= 0.6 is 15.9 Å². The molecule has 1 aromatic carbocycles. The van der Waals surface area contributed by atoms with Gasteiger partial charge in [-0.1, -0.05) is 0 Å². The second-order valence-electron chi connectivity index (χ2n) is 4.67. The van der Waals surface area contributed by atoms with E-state index in [1.807, 2.05) is 12.1 Å². The minimum absolute atomic E-state index is 0.0589. The van der Waals surface area contributed by atoms with E-state index in [9.17, 15) is 10.1 Å². The number of anilines is 1. The van der Waals surface area contributed by atoms with E-state index in [-0.39, 0.29) is 5.69 Å². The van der Waals surface area contributed by atoms with Gasteiger partial charge in [0.15, 0.2) is 4.67 Å². The smallest absolute Gasteiger partial charge is 0.278 e. The Bertz CT molecular complexity index is 832. The molecule has 0 aliphatic rings. The first-order valence-electron chi connectivity index (χ1n) is 6.65. The highest BCUT2D eigenvalue weighted by atomic mass is 79.9. The van der Waals surface area contributed by atoms with Crippen molar-refractivity contribution in [3.8, 4) is 0 Å². The van der Waals surface area contributed by atoms with Crippen LogP contribution in [0.2, 0.25) is 0 Å². The quantitative estimate of drug-likeness (QED) is 0.545. The molecule has 0 aliphatic carbocycles. The molecule has 112 valence electrons. The van der Waals surface area contributed by atoms with E-state index in [4.69, 9.17) is 4.42 Å². The molecule has 0 atom stereocenters. The Kier molecular flexibility index (Phi) is 4.06. The Hall–Kier alpha value is -2.41. The maximum atomic E-state index is 11.1. The largest absolute Gasteiger partial charge is 0.454 e. The Morgan fingerprint density at radius 3 is 2.86 bits per heavy atom. The molecule has 0 bridgehead atoms. The fourth-order valence-corrected chi connectivity index (χ4v) is 2.61. The zero-order valence-electron chi connectivity index (χ0n) is 11.5. The summed E-state index contributed by atoms with van der Waals surface area (Å²) in [6, 6.07) is 10.3. The number of pyridine rings is 1. The number of furan rings is 1. The molecule has 0 radical (unpaired) electrons. The summed E-state index contributed by atoms with van der Waals surface area (Å²) in [6.07, 6.45) is 2.33. The molecule has 1 N–H and O–H groups in total. The van der Waals surface area contributed by atoms with E-state index in [1.54, 1.807) is 24.4 Å². The van der Waals surface area contributed by atoms with Crippen molar-refractivity contribution >= 4 is 38.2 Å². The zero-order chi connectivity index (χ0) is 15.5. The number of fused-ring (bicyclic) bond motifs is 1. The summed E-state index contributed by atoms with van der Waals surface area (Å²) < 4.78 is 6.13. The first-order chi connectivity index (χ1) is 10.6. The van der Waals surface area contributed by atoms with Crippen molar-refractivity contribution in [2.75, 3.05) is 11.9 Å². The molecule has 3 rings (SSSR count). The lowest BCUT2D eigenvalue weighted by molar-refractivity contribution is -0.383. The van der Waals surface area contributed by atoms with Crippen LogP contribution in [0.4, 0.5) is 11.4 Å². The molecule has 0 amide bonds. The van der Waals surface area contributed by atoms with Crippen LogP contribution in [0, 0.1) is 10.1 Å². The van der Waals surface area contributed by atoms with Crippen LogP contribution in [0.15, 0.2) is 51.7 Å². The van der Waals surface area contributed by atoms with Crippen LogP contribution in [0.25, 0.3) is 10.9 Å². The lowest BCUT2D eigenvalue weighted by Crippen LogP contribution is -2.05. The Labute approximate surface area is 134 Å². The fraction of sp³-hybridized carbons (Fsp3) is 0.133. The van der Waals surface area contributed by atoms with Crippen LogP contribution in [0.5, 0.6) is 0 Å². The molecule has 0 saturated carbocycles. The average Bonchev–Trinajstić information content (AvgIpc) is 2.92. The van der Waals surface area contributed by atoms with Gasteiger partial charge in [0.1, 0.15) is 11.3 Å². The van der Waals surface area contributed by atoms with E-state index in [0.717, 1.165) is 11.4 Å². The number of nitro benzene ring substituents is 1. The molecular weight excluding hydrogens is 350 g/mol. The standard InChI is InChI=1S/C15H12BrN3O3/c16-14-6-3-10(22-14)7-9-17-12-4-5-13(19(20)21)11-2-1-8-18-15(11)12/h1-6,8,17H,7,9H2. The van der Waals surface area contributed by atoms with Crippen LogP contribution in [0.3, 0.4) is 0 Å². The minimum Gasteiger partial charge on any atom is -0.454 e. The van der Waals surface area contributed by atoms with Gasteiger partial charge in [-0.3, -0.25) is 15.1 Å². The van der Waals surface area contributed by atoms with Crippen molar-refractivity contribution in [2.45, 2.75) is 6.42 Å². The van der Waals surface area contributed by atoms with Crippen molar-refractivity contribution in [3.05, 3.63) is 63.1 Å². The summed E-state index contributed by atoms with van der Waals surface area (Å²) in [5.74, 6) is 0.860. The number of halogens is 1. The molecule has 6 nitrogen and oxygen atoms in total. The molecule has 0 fully saturated rings. The number of nitro groups is 1. The maximum absolute atomic E-state index is 11.1. The van der Waals surface area contributed by atoms with Crippen LogP contribution < -0.4 is 5.32 Å². The second kappa shape index (κ2) is 6.15. The lowest BCUT2D eigenvalue weighted by atomic mass is 10.1. The van der Waals surface area contributed by atoms with Gasteiger partial charge < -0.3 is 9.73 Å². The third-order valence-electron chi connectivity index (χ3n) is 3.26. The van der Waals surface area contributed by atoms with Gasteiger partial charge in [0.05, 0.1) is 16.0 Å². The molecule has 0 spiro atoms. The summed E-state index contributed by atoms with van der Waals surface area (Å²) in [7, 11) is 0. The van der Waals surface area contributed by atoms with Crippen LogP contribution in [-0.2, 0) is 6.42 Å². The van der Waals surface area contributed by atoms with Crippen molar-refractivity contribution < 1.29 is 9.34 Å². The highest BCUT2D eigenvalue weighted by molar-refractivity contribution is 9.10. The topological polar surface area (TPSA) is 81.2 Å². The number of non-ortho nitro benzene ring substituents is 1. The molecule has 0 aliphatic heterocycles. The van der Waals surface area contributed by atoms with Gasteiger partial charge in [-0.2, -0.15) is 0 Å². The molecular formula is C15H12BrN3O3. The maximum Gasteiger partial charge on any atom is 0.278 e. The molecule has 0 unspecified atom stereocenters. The van der Waals surface area contributed by atoms with Gasteiger partial charge in [-0.15, -0.1) is 0 Å². The normalized spacial score (nSPS) is 10.8. The van der Waals surface area contributed by atoms with Gasteiger partial charge in [0.25, 0.3) is 5.69 Å². The second-order valence-corrected chi connectivity index (χ2v) is 5.45. The highest BCUT2D eigenvalue weighted by Crippen LogP contribution is 2.29. The lowest BCUT2D eigenvalue weighted by Gasteiger charge is -2.08. The van der Waals surface area contributed by atoms with Crippen LogP contribution in [-0.4, -0.2) is 16.5 Å². The molecule has 2 aromatic heterocycles. The first kappa shape index (κ1) is 14.5. The Morgan fingerprint density at radius 1 is 1.27 bits per heavy atom. The van der Waals surface area contributed by atoms with Crippen molar-refractivity contribution in [2.24, 2.45) is 0 Å². The van der Waals surface area contributed by atoms with Crippen molar-refractivity contribution in [1.82, 2.24) is 4.98 Å². The number of aromatic nitrogens is 1. The minimum atomic E-state index is -0.395. The monoisotopic (exact) mass is 361 g/mol. The van der Waals surface area contributed by atoms with Gasteiger partial charge in [-0.25, -0.2) is 0 Å². The van der Waals surface area contributed by atoms with Crippen molar-refractivity contribution in [1.29, 1.82) is 0 Å². The Balaban J connectivity index is 1.82. The highest BCUT2D eigenvalue weighted by Gasteiger charge is 2.14. The summed E-state index contributed by atoms with van der Waals surface area (Å²) in [6.45, 7) is 0.642. The predicted octanol–water partition coefficient (Wildman–Crippen LogP) is 4.15. The molecule has 3 aromatic rings. The van der Waals surface area contributed by atoms with E-state index >= 15 is 0 Å². The number of nitrogens with zero attached hydrogens (tertiary/aromatic N) is 2.